The van der Waals surface area contributed by atoms with Gasteiger partial charge in [0.2, 0.25) is 0 Å². The van der Waals surface area contributed by atoms with Crippen molar-refractivity contribution < 1.29 is 4.79 Å². The van der Waals surface area contributed by atoms with Crippen LogP contribution in [-0.2, 0) is 0 Å². The molecule has 1 aromatic carbocycles. The van der Waals surface area contributed by atoms with E-state index in [0.717, 1.165) is 42.7 Å². The average Bonchev–Trinajstić information content (AvgIpc) is 3.13. The highest BCUT2D eigenvalue weighted by Gasteiger charge is 2.16. The fourth-order valence-electron chi connectivity index (χ4n) is 2.38. The molecule has 0 radical (unpaired) electrons. The Kier molecular flexibility index (Phi) is 3.37. The van der Waals surface area contributed by atoms with E-state index in [0.29, 0.717) is 5.56 Å². The lowest BCUT2D eigenvalue weighted by Crippen LogP contribution is -2.39. The van der Waals surface area contributed by atoms with Crippen molar-refractivity contribution in [2.75, 3.05) is 13.1 Å². The van der Waals surface area contributed by atoms with Crippen LogP contribution >= 0.6 is 0 Å². The summed E-state index contributed by atoms with van der Waals surface area (Å²) in [7, 11) is 0. The fourth-order valence-corrected chi connectivity index (χ4v) is 2.38. The van der Waals surface area contributed by atoms with E-state index >= 15 is 0 Å². The van der Waals surface area contributed by atoms with Crippen LogP contribution in [0.3, 0.4) is 0 Å². The molecule has 0 saturated heterocycles. The third-order valence-corrected chi connectivity index (χ3v) is 3.42. The quantitative estimate of drug-likeness (QED) is 0.822. The fraction of sp³-hybridized carbons (Fsp3) is 0.357. The zero-order chi connectivity index (χ0) is 13.9. The smallest absolute Gasteiger partial charge is 0.193 e. The Hall–Kier alpha value is -2.37. The first-order chi connectivity index (χ1) is 9.81. The molecule has 2 heterocycles. The van der Waals surface area contributed by atoms with Crippen LogP contribution in [0, 0.1) is 0 Å². The van der Waals surface area contributed by atoms with Gasteiger partial charge in [0.1, 0.15) is 12.5 Å². The topological polar surface area (TPSA) is 71.3 Å². The first kappa shape index (κ1) is 12.7. The number of guanidine groups is 1. The summed E-state index contributed by atoms with van der Waals surface area (Å²) in [6, 6.07) is 5.59. The molecule has 6 nitrogen and oxygen atoms in total. The van der Waals surface area contributed by atoms with Crippen LogP contribution in [0.1, 0.15) is 29.9 Å². The summed E-state index contributed by atoms with van der Waals surface area (Å²) in [4.78, 5) is 15.2. The van der Waals surface area contributed by atoms with E-state index in [9.17, 15) is 4.79 Å². The van der Waals surface area contributed by atoms with Crippen molar-refractivity contribution in [3.05, 3.63) is 30.0 Å². The Morgan fingerprint density at radius 1 is 1.55 bits per heavy atom. The Bertz CT molecular complexity index is 661. The number of aldehydes is 1. The monoisotopic (exact) mass is 271 g/mol. The third-order valence-electron chi connectivity index (χ3n) is 3.42. The molecule has 0 saturated carbocycles. The number of benzene rings is 1. The van der Waals surface area contributed by atoms with Gasteiger partial charge in [0.25, 0.3) is 0 Å². The number of hydrogen-bond donors (Lipinski definition) is 2. The van der Waals surface area contributed by atoms with Crippen molar-refractivity contribution in [1.29, 1.82) is 0 Å². The third kappa shape index (κ3) is 2.24. The Balaban J connectivity index is 1.92. The van der Waals surface area contributed by atoms with Gasteiger partial charge >= 0.3 is 0 Å². The van der Waals surface area contributed by atoms with E-state index in [4.69, 9.17) is 0 Å². The summed E-state index contributed by atoms with van der Waals surface area (Å²) in [5.74, 6) is 0.824. The number of carbonyl (C=O) groups excluding carboxylic acids is 1. The zero-order valence-electron chi connectivity index (χ0n) is 11.3. The van der Waals surface area contributed by atoms with Crippen LogP contribution in [0.4, 0.5) is 0 Å². The standard InChI is InChI=1S/C14H17N5O/c1-2-13(18-14-15-5-6-16-14)19-12-4-3-10(9-20)7-11(12)8-17-19/h3-4,7-9,13H,2,5-6H2,1H3,(H2,15,16,18). The maximum absolute atomic E-state index is 10.8. The van der Waals surface area contributed by atoms with Crippen molar-refractivity contribution in [3.63, 3.8) is 0 Å². The van der Waals surface area contributed by atoms with Gasteiger partial charge in [-0.05, 0) is 24.6 Å². The van der Waals surface area contributed by atoms with Crippen LogP contribution in [0.15, 0.2) is 29.4 Å². The van der Waals surface area contributed by atoms with Crippen molar-refractivity contribution in [2.45, 2.75) is 19.5 Å². The van der Waals surface area contributed by atoms with E-state index in [1.165, 1.54) is 0 Å². The summed E-state index contributed by atoms with van der Waals surface area (Å²) in [6.07, 6.45) is 3.56. The van der Waals surface area contributed by atoms with E-state index in [2.05, 4.69) is 27.6 Å². The summed E-state index contributed by atoms with van der Waals surface area (Å²) >= 11 is 0. The minimum Gasteiger partial charge on any atom is -0.354 e. The molecule has 0 aliphatic carbocycles. The number of aliphatic imine (C=N–C) groups is 1. The molecule has 104 valence electrons. The van der Waals surface area contributed by atoms with Crippen LogP contribution in [-0.4, -0.2) is 35.1 Å². The molecule has 3 rings (SSSR count). The molecule has 1 aromatic heterocycles. The summed E-state index contributed by atoms with van der Waals surface area (Å²) < 4.78 is 1.94. The van der Waals surface area contributed by atoms with E-state index in [1.54, 1.807) is 6.20 Å². The lowest BCUT2D eigenvalue weighted by molar-refractivity contribution is 0.112. The normalized spacial score (nSPS) is 15.8. The van der Waals surface area contributed by atoms with Gasteiger partial charge in [-0.25, -0.2) is 4.68 Å². The SMILES string of the molecule is CCC(NC1=NCCN1)n1ncc2cc(C=O)ccc21. The molecule has 0 amide bonds. The molecule has 6 heteroatoms. The van der Waals surface area contributed by atoms with Crippen LogP contribution in [0.2, 0.25) is 0 Å². The molecule has 20 heavy (non-hydrogen) atoms. The van der Waals surface area contributed by atoms with E-state index in [-0.39, 0.29) is 6.17 Å². The highest BCUT2D eigenvalue weighted by Crippen LogP contribution is 2.19. The Labute approximate surface area is 116 Å². The minimum absolute atomic E-state index is 0.0407. The van der Waals surface area contributed by atoms with Gasteiger partial charge in [-0.15, -0.1) is 0 Å². The van der Waals surface area contributed by atoms with Crippen LogP contribution in [0.5, 0.6) is 0 Å². The van der Waals surface area contributed by atoms with Crippen LogP contribution < -0.4 is 10.6 Å². The Morgan fingerprint density at radius 3 is 3.15 bits per heavy atom. The molecule has 1 aliphatic heterocycles. The van der Waals surface area contributed by atoms with Crippen LogP contribution in [0.25, 0.3) is 10.9 Å². The van der Waals surface area contributed by atoms with Gasteiger partial charge in [-0.2, -0.15) is 5.10 Å². The van der Waals surface area contributed by atoms with Gasteiger partial charge in [-0.3, -0.25) is 9.79 Å². The molecular weight excluding hydrogens is 254 g/mol. The Morgan fingerprint density at radius 2 is 2.45 bits per heavy atom. The lowest BCUT2D eigenvalue weighted by Gasteiger charge is -2.19. The van der Waals surface area contributed by atoms with Gasteiger partial charge in [0.15, 0.2) is 5.96 Å². The number of rotatable bonds is 4. The second kappa shape index (κ2) is 5.32. The molecule has 0 spiro atoms. The number of hydrogen-bond acceptors (Lipinski definition) is 5. The first-order valence-electron chi connectivity index (χ1n) is 6.79. The number of fused-ring (bicyclic) bond motifs is 1. The first-order valence-corrected chi connectivity index (χ1v) is 6.79. The summed E-state index contributed by atoms with van der Waals surface area (Å²) in [6.45, 7) is 3.78. The molecule has 1 unspecified atom stereocenters. The minimum atomic E-state index is 0.0407. The van der Waals surface area contributed by atoms with Gasteiger partial charge in [-0.1, -0.05) is 6.92 Å². The summed E-state index contributed by atoms with van der Waals surface area (Å²) in [5.41, 5.74) is 1.67. The molecule has 2 N–H and O–H groups in total. The predicted molar refractivity (Wildman–Crippen MR) is 77.9 cm³/mol. The molecule has 2 aromatic rings. The maximum atomic E-state index is 10.8. The molecule has 0 fully saturated rings. The van der Waals surface area contributed by atoms with E-state index in [1.807, 2.05) is 22.9 Å². The second-order valence-electron chi connectivity index (χ2n) is 4.75. The highest BCUT2D eigenvalue weighted by molar-refractivity contribution is 5.87. The highest BCUT2D eigenvalue weighted by atomic mass is 16.1. The van der Waals surface area contributed by atoms with Crippen molar-refractivity contribution >= 4 is 23.1 Å². The molecular formula is C14H17N5O. The van der Waals surface area contributed by atoms with E-state index < -0.39 is 0 Å². The van der Waals surface area contributed by atoms with Gasteiger partial charge < -0.3 is 10.6 Å². The summed E-state index contributed by atoms with van der Waals surface area (Å²) in [5, 5.41) is 12.0. The number of nitrogens with zero attached hydrogens (tertiary/aromatic N) is 3. The maximum Gasteiger partial charge on any atom is 0.193 e. The van der Waals surface area contributed by atoms with Crippen molar-refractivity contribution in [3.8, 4) is 0 Å². The van der Waals surface area contributed by atoms with Crippen molar-refractivity contribution in [1.82, 2.24) is 20.4 Å². The molecule has 1 aliphatic rings. The molecule has 0 bridgehead atoms. The number of nitrogens with one attached hydrogen (secondary N) is 2. The number of carbonyl (C=O) groups is 1. The zero-order valence-corrected chi connectivity index (χ0v) is 11.3. The molecule has 1 atom stereocenters. The largest absolute Gasteiger partial charge is 0.354 e. The predicted octanol–water partition coefficient (Wildman–Crippen LogP) is 1.31. The van der Waals surface area contributed by atoms with Gasteiger partial charge in [0.05, 0.1) is 18.3 Å². The van der Waals surface area contributed by atoms with Crippen molar-refractivity contribution in [2.24, 2.45) is 4.99 Å². The lowest BCUT2D eigenvalue weighted by atomic mass is 10.2. The van der Waals surface area contributed by atoms with Gasteiger partial charge in [0, 0.05) is 17.5 Å². The average molecular weight is 271 g/mol. The number of aromatic nitrogens is 2. The second-order valence-corrected chi connectivity index (χ2v) is 4.75.